The predicted octanol–water partition coefficient (Wildman–Crippen LogP) is 1.39. The summed E-state index contributed by atoms with van der Waals surface area (Å²) in [5.74, 6) is -0.357. The van der Waals surface area contributed by atoms with Crippen molar-refractivity contribution in [2.24, 2.45) is 14.1 Å². The monoisotopic (exact) mass is 401 g/mol. The summed E-state index contributed by atoms with van der Waals surface area (Å²) < 4.78 is 7.53. The molecule has 2 heterocycles. The molecule has 0 aliphatic rings. The van der Waals surface area contributed by atoms with E-state index in [9.17, 15) is 14.4 Å². The molecule has 0 aliphatic heterocycles. The van der Waals surface area contributed by atoms with Crippen molar-refractivity contribution in [3.05, 3.63) is 56.2 Å². The number of carbonyl (C=O) groups is 1. The van der Waals surface area contributed by atoms with Gasteiger partial charge in [0.2, 0.25) is 5.89 Å². The smallest absolute Gasteiger partial charge is 0.332 e. The quantitative estimate of drug-likeness (QED) is 0.502. The van der Waals surface area contributed by atoms with Crippen molar-refractivity contribution in [1.29, 1.82) is 0 Å². The van der Waals surface area contributed by atoms with Crippen LogP contribution >= 0.6 is 11.8 Å². The van der Waals surface area contributed by atoms with Crippen LogP contribution in [0, 0.1) is 6.92 Å². The van der Waals surface area contributed by atoms with Gasteiger partial charge >= 0.3 is 5.69 Å². The molecule has 146 valence electrons. The third-order valence-electron chi connectivity index (χ3n) is 4.31. The van der Waals surface area contributed by atoms with Gasteiger partial charge < -0.3 is 10.2 Å². The highest BCUT2D eigenvalue weighted by molar-refractivity contribution is 8.00. The van der Waals surface area contributed by atoms with Crippen molar-refractivity contribution in [1.82, 2.24) is 19.3 Å². The molecule has 0 amide bonds. The first-order valence-electron chi connectivity index (χ1n) is 8.37. The number of benzene rings is 1. The van der Waals surface area contributed by atoms with Crippen molar-refractivity contribution >= 4 is 23.4 Å². The number of Topliss-reactive ketones (excluding diaryl/α,β-unsaturated/α-hetero) is 1. The molecule has 1 unspecified atom stereocenters. The molecule has 0 bridgehead atoms. The zero-order valence-corrected chi connectivity index (χ0v) is 16.6. The number of nitrogens with two attached hydrogens (primary N) is 1. The van der Waals surface area contributed by atoms with E-state index in [0.717, 1.165) is 32.0 Å². The summed E-state index contributed by atoms with van der Waals surface area (Å²) >= 11 is 1.02. The van der Waals surface area contributed by atoms with Gasteiger partial charge in [0, 0.05) is 19.7 Å². The second-order valence-corrected chi connectivity index (χ2v) is 7.62. The van der Waals surface area contributed by atoms with E-state index in [1.54, 1.807) is 6.92 Å². The highest BCUT2D eigenvalue weighted by Crippen LogP contribution is 2.28. The number of rotatable bonds is 5. The number of thioether (sulfide) groups is 1. The summed E-state index contributed by atoms with van der Waals surface area (Å²) in [6.07, 6.45) is 0. The number of aryl methyl sites for hydroxylation is 1. The van der Waals surface area contributed by atoms with Crippen molar-refractivity contribution in [3.8, 4) is 11.5 Å². The lowest BCUT2D eigenvalue weighted by molar-refractivity contribution is 0.0991. The molecule has 9 nitrogen and oxygen atoms in total. The maximum absolute atomic E-state index is 12.8. The van der Waals surface area contributed by atoms with Crippen LogP contribution in [0.25, 0.3) is 11.5 Å². The summed E-state index contributed by atoms with van der Waals surface area (Å²) in [6, 6.07) is 7.58. The number of nitrogens with zero attached hydrogens (tertiary/aromatic N) is 4. The second-order valence-electron chi connectivity index (χ2n) is 6.33. The zero-order valence-electron chi connectivity index (χ0n) is 15.8. The van der Waals surface area contributed by atoms with Crippen LogP contribution in [0.15, 0.2) is 43.5 Å². The van der Waals surface area contributed by atoms with Gasteiger partial charge in [0.15, 0.2) is 5.78 Å². The third-order valence-corrected chi connectivity index (χ3v) is 5.24. The largest absolute Gasteiger partial charge is 0.411 e. The summed E-state index contributed by atoms with van der Waals surface area (Å²) in [7, 11) is 2.70. The van der Waals surface area contributed by atoms with Crippen LogP contribution in [0.3, 0.4) is 0 Å². The molecule has 10 heteroatoms. The Morgan fingerprint density at radius 2 is 1.79 bits per heavy atom. The van der Waals surface area contributed by atoms with Crippen LogP contribution in [0.1, 0.15) is 22.8 Å². The van der Waals surface area contributed by atoms with E-state index in [4.69, 9.17) is 10.2 Å². The molecule has 28 heavy (non-hydrogen) atoms. The molecule has 0 spiro atoms. The van der Waals surface area contributed by atoms with E-state index in [0.29, 0.717) is 5.89 Å². The standard InChI is InChI=1S/C18H19N5O4S/c1-9-5-7-11(8-6-9)15-20-21-17(27-15)28-10(2)13(24)12-14(19)22(3)18(26)23(4)16(12)25/h5-8,10H,19H2,1-4H3. The minimum absolute atomic E-state index is 0.170. The number of hydrogen-bond acceptors (Lipinski definition) is 8. The molecular formula is C18H19N5O4S. The highest BCUT2D eigenvalue weighted by atomic mass is 32.2. The van der Waals surface area contributed by atoms with Crippen LogP contribution in [0.4, 0.5) is 5.82 Å². The van der Waals surface area contributed by atoms with E-state index < -0.39 is 22.3 Å². The average molecular weight is 401 g/mol. The molecule has 3 rings (SSSR count). The van der Waals surface area contributed by atoms with Crippen molar-refractivity contribution in [2.45, 2.75) is 24.3 Å². The Kier molecular flexibility index (Phi) is 5.23. The van der Waals surface area contributed by atoms with Gasteiger partial charge in [0.05, 0.1) is 5.25 Å². The number of ketones is 1. The minimum atomic E-state index is -0.732. The Balaban J connectivity index is 1.86. The summed E-state index contributed by atoms with van der Waals surface area (Å²) in [6.45, 7) is 3.58. The Labute approximate surface area is 164 Å². The molecule has 0 fully saturated rings. The molecule has 1 atom stereocenters. The molecular weight excluding hydrogens is 382 g/mol. The summed E-state index contributed by atoms with van der Waals surface area (Å²) in [5, 5.41) is 7.41. The molecule has 0 radical (unpaired) electrons. The van der Waals surface area contributed by atoms with Gasteiger partial charge in [-0.2, -0.15) is 0 Å². The van der Waals surface area contributed by atoms with Crippen LogP contribution in [0.5, 0.6) is 0 Å². The van der Waals surface area contributed by atoms with E-state index in [1.807, 2.05) is 31.2 Å². The van der Waals surface area contributed by atoms with Gasteiger partial charge in [-0.1, -0.05) is 29.5 Å². The van der Waals surface area contributed by atoms with Gasteiger partial charge in [0.1, 0.15) is 11.4 Å². The first-order chi connectivity index (χ1) is 13.2. The third kappa shape index (κ3) is 3.50. The predicted molar refractivity (Wildman–Crippen MR) is 105 cm³/mol. The van der Waals surface area contributed by atoms with Crippen LogP contribution in [0.2, 0.25) is 0 Å². The summed E-state index contributed by atoms with van der Waals surface area (Å²) in [5.41, 5.74) is 6.15. The van der Waals surface area contributed by atoms with Crippen LogP contribution in [-0.4, -0.2) is 30.4 Å². The number of anilines is 1. The fraction of sp³-hybridized carbons (Fsp3) is 0.278. The number of nitrogen functional groups attached to an aromatic ring is 1. The van der Waals surface area contributed by atoms with Gasteiger partial charge in [-0.3, -0.25) is 18.7 Å². The highest BCUT2D eigenvalue weighted by Gasteiger charge is 2.27. The molecule has 1 aromatic carbocycles. The normalized spacial score (nSPS) is 12.1. The maximum atomic E-state index is 12.8. The van der Waals surface area contributed by atoms with E-state index in [-0.39, 0.29) is 16.6 Å². The lowest BCUT2D eigenvalue weighted by atomic mass is 10.1. The molecule has 0 saturated carbocycles. The van der Waals surface area contributed by atoms with Crippen LogP contribution in [-0.2, 0) is 14.1 Å². The fourth-order valence-electron chi connectivity index (χ4n) is 2.57. The molecule has 0 saturated heterocycles. The Morgan fingerprint density at radius 3 is 2.43 bits per heavy atom. The topological polar surface area (TPSA) is 126 Å². The SMILES string of the molecule is Cc1ccc(-c2nnc(SC(C)C(=O)c3c(N)n(C)c(=O)n(C)c3=O)o2)cc1. The second kappa shape index (κ2) is 7.47. The molecule has 2 N–H and O–H groups in total. The lowest BCUT2D eigenvalue weighted by Gasteiger charge is -2.13. The van der Waals surface area contributed by atoms with Gasteiger partial charge in [-0.05, 0) is 26.0 Å². The molecule has 2 aromatic heterocycles. The summed E-state index contributed by atoms with van der Waals surface area (Å²) in [4.78, 5) is 37.1. The fourth-order valence-corrected chi connectivity index (χ4v) is 3.31. The number of hydrogen-bond donors (Lipinski definition) is 1. The van der Waals surface area contributed by atoms with Gasteiger partial charge in [-0.15, -0.1) is 10.2 Å². The Morgan fingerprint density at radius 1 is 1.14 bits per heavy atom. The van der Waals surface area contributed by atoms with Crippen LogP contribution < -0.4 is 17.0 Å². The number of carbonyl (C=O) groups excluding carboxylic acids is 1. The minimum Gasteiger partial charge on any atom is -0.411 e. The first-order valence-corrected chi connectivity index (χ1v) is 9.25. The Bertz CT molecular complexity index is 1160. The van der Waals surface area contributed by atoms with Crippen molar-refractivity contribution in [3.63, 3.8) is 0 Å². The van der Waals surface area contributed by atoms with Crippen molar-refractivity contribution in [2.75, 3.05) is 5.73 Å². The lowest BCUT2D eigenvalue weighted by Crippen LogP contribution is -2.42. The maximum Gasteiger partial charge on any atom is 0.332 e. The molecule has 3 aromatic rings. The van der Waals surface area contributed by atoms with E-state index >= 15 is 0 Å². The number of aromatic nitrogens is 4. The zero-order chi connectivity index (χ0) is 20.6. The first kappa shape index (κ1) is 19.6. The van der Waals surface area contributed by atoms with Gasteiger partial charge in [0.25, 0.3) is 10.8 Å². The average Bonchev–Trinajstić information content (AvgIpc) is 3.13. The van der Waals surface area contributed by atoms with E-state index in [1.165, 1.54) is 14.1 Å². The molecule has 0 aliphatic carbocycles. The van der Waals surface area contributed by atoms with Gasteiger partial charge in [-0.25, -0.2) is 4.79 Å². The van der Waals surface area contributed by atoms with Crippen molar-refractivity contribution < 1.29 is 9.21 Å². The Hall–Kier alpha value is -3.14. The van der Waals surface area contributed by atoms with E-state index in [2.05, 4.69) is 10.2 Å².